The van der Waals surface area contributed by atoms with Gasteiger partial charge in [0.05, 0.1) is 11.7 Å². The minimum absolute atomic E-state index is 0.151. The van der Waals surface area contributed by atoms with E-state index in [2.05, 4.69) is 40.2 Å². The van der Waals surface area contributed by atoms with Crippen molar-refractivity contribution < 1.29 is 5.11 Å². The van der Waals surface area contributed by atoms with E-state index in [4.69, 9.17) is 0 Å². The first-order chi connectivity index (χ1) is 12.6. The Labute approximate surface area is 156 Å². The quantitative estimate of drug-likeness (QED) is 0.915. The molecule has 2 saturated heterocycles. The zero-order valence-corrected chi connectivity index (χ0v) is 15.9. The van der Waals surface area contributed by atoms with Crippen LogP contribution in [-0.4, -0.2) is 56.9 Å². The number of nitrogens with zero attached hydrogens (tertiary/aromatic N) is 4. The average Bonchev–Trinajstić information content (AvgIpc) is 3.27. The standard InChI is InChI=1S/C21H30N4O/c1-17-18(14-23(2)22-17)15-24-13-10-21(26,19-8-4-3-5-9-19)20(16-24)25-11-6-7-12-25/h3-5,8-9,14,20,26H,6-7,10-13,15-16H2,1-2H3/t20-,21?/m1/s1. The van der Waals surface area contributed by atoms with Gasteiger partial charge in [-0.25, -0.2) is 0 Å². The SMILES string of the molecule is Cc1nn(C)cc1CN1CCC(O)(c2ccccc2)[C@H](N2CCCC2)C1. The van der Waals surface area contributed by atoms with Crippen LogP contribution in [-0.2, 0) is 19.2 Å². The molecule has 0 radical (unpaired) electrons. The van der Waals surface area contributed by atoms with Gasteiger partial charge in [-0.05, 0) is 44.8 Å². The third-order valence-corrected chi connectivity index (χ3v) is 6.16. The Morgan fingerprint density at radius 1 is 1.15 bits per heavy atom. The molecule has 1 unspecified atom stereocenters. The van der Waals surface area contributed by atoms with Crippen LogP contribution in [0.25, 0.3) is 0 Å². The topological polar surface area (TPSA) is 44.5 Å². The highest BCUT2D eigenvalue weighted by molar-refractivity contribution is 5.26. The first-order valence-corrected chi connectivity index (χ1v) is 9.80. The van der Waals surface area contributed by atoms with Crippen LogP contribution in [0, 0.1) is 6.92 Å². The van der Waals surface area contributed by atoms with Crippen LogP contribution in [0.3, 0.4) is 0 Å². The smallest absolute Gasteiger partial charge is 0.108 e. The maximum atomic E-state index is 11.7. The molecule has 4 rings (SSSR count). The summed E-state index contributed by atoms with van der Waals surface area (Å²) in [5, 5.41) is 16.2. The molecule has 3 heterocycles. The summed E-state index contributed by atoms with van der Waals surface area (Å²) in [5.41, 5.74) is 2.70. The highest BCUT2D eigenvalue weighted by Gasteiger charge is 2.46. The molecule has 0 spiro atoms. The molecule has 5 heteroatoms. The van der Waals surface area contributed by atoms with Gasteiger partial charge in [-0.15, -0.1) is 0 Å². The van der Waals surface area contributed by atoms with E-state index in [1.165, 1.54) is 18.4 Å². The molecule has 26 heavy (non-hydrogen) atoms. The molecule has 0 saturated carbocycles. The second-order valence-corrected chi connectivity index (χ2v) is 7.95. The molecule has 1 N–H and O–H groups in total. The molecule has 0 amide bonds. The van der Waals surface area contributed by atoms with Crippen molar-refractivity contribution in [3.8, 4) is 0 Å². The number of likely N-dealkylation sites (tertiary alicyclic amines) is 2. The number of rotatable bonds is 4. The number of hydrogen-bond donors (Lipinski definition) is 1. The van der Waals surface area contributed by atoms with E-state index < -0.39 is 5.60 Å². The minimum Gasteiger partial charge on any atom is -0.383 e. The van der Waals surface area contributed by atoms with E-state index in [-0.39, 0.29) is 6.04 Å². The van der Waals surface area contributed by atoms with Crippen LogP contribution < -0.4 is 0 Å². The Kier molecular flexibility index (Phi) is 4.86. The molecule has 1 aromatic heterocycles. The fourth-order valence-corrected chi connectivity index (χ4v) is 4.70. The fourth-order valence-electron chi connectivity index (χ4n) is 4.70. The Morgan fingerprint density at radius 3 is 2.54 bits per heavy atom. The molecule has 2 fully saturated rings. The van der Waals surface area contributed by atoms with Crippen molar-refractivity contribution in [2.24, 2.45) is 7.05 Å². The van der Waals surface area contributed by atoms with Crippen molar-refractivity contribution in [2.45, 2.75) is 44.4 Å². The van der Waals surface area contributed by atoms with Crippen molar-refractivity contribution in [1.29, 1.82) is 0 Å². The lowest BCUT2D eigenvalue weighted by Gasteiger charge is -2.48. The normalized spacial score (nSPS) is 27.9. The Bertz CT molecular complexity index is 738. The summed E-state index contributed by atoms with van der Waals surface area (Å²) in [7, 11) is 1.98. The second-order valence-electron chi connectivity index (χ2n) is 7.95. The first-order valence-electron chi connectivity index (χ1n) is 9.80. The lowest BCUT2D eigenvalue weighted by atomic mass is 9.79. The van der Waals surface area contributed by atoms with Gasteiger partial charge in [0.2, 0.25) is 0 Å². The van der Waals surface area contributed by atoms with Gasteiger partial charge in [-0.1, -0.05) is 30.3 Å². The zero-order valence-electron chi connectivity index (χ0n) is 15.9. The molecule has 1 aromatic carbocycles. The summed E-state index contributed by atoms with van der Waals surface area (Å²) in [6.07, 6.45) is 5.38. The molecule has 0 aliphatic carbocycles. The Hall–Kier alpha value is -1.69. The molecular weight excluding hydrogens is 324 g/mol. The monoisotopic (exact) mass is 354 g/mol. The van der Waals surface area contributed by atoms with Crippen molar-refractivity contribution >= 4 is 0 Å². The number of benzene rings is 1. The average molecular weight is 354 g/mol. The third-order valence-electron chi connectivity index (χ3n) is 6.16. The molecule has 2 atom stereocenters. The van der Waals surface area contributed by atoms with Gasteiger partial charge >= 0.3 is 0 Å². The highest BCUT2D eigenvalue weighted by atomic mass is 16.3. The molecular formula is C21H30N4O. The maximum Gasteiger partial charge on any atom is 0.108 e. The Morgan fingerprint density at radius 2 is 1.88 bits per heavy atom. The number of aliphatic hydroxyl groups is 1. The van der Waals surface area contributed by atoms with Crippen LogP contribution >= 0.6 is 0 Å². The molecule has 2 aliphatic rings. The van der Waals surface area contributed by atoms with Crippen LogP contribution in [0.2, 0.25) is 0 Å². The molecule has 2 aromatic rings. The van der Waals surface area contributed by atoms with E-state index in [0.29, 0.717) is 0 Å². The van der Waals surface area contributed by atoms with Crippen LogP contribution in [0.15, 0.2) is 36.5 Å². The summed E-state index contributed by atoms with van der Waals surface area (Å²) >= 11 is 0. The van der Waals surface area contributed by atoms with E-state index in [9.17, 15) is 5.11 Å². The van der Waals surface area contributed by atoms with Crippen LogP contribution in [0.1, 0.15) is 36.1 Å². The number of aryl methyl sites for hydroxylation is 2. The lowest BCUT2D eigenvalue weighted by molar-refractivity contribution is -0.0959. The van der Waals surface area contributed by atoms with E-state index in [1.807, 2.05) is 29.9 Å². The van der Waals surface area contributed by atoms with Crippen molar-refractivity contribution in [2.75, 3.05) is 26.2 Å². The van der Waals surface area contributed by atoms with E-state index in [0.717, 1.165) is 50.4 Å². The highest BCUT2D eigenvalue weighted by Crippen LogP contribution is 2.37. The second kappa shape index (κ2) is 7.14. The van der Waals surface area contributed by atoms with Gasteiger partial charge in [0.15, 0.2) is 0 Å². The van der Waals surface area contributed by atoms with Gasteiger partial charge < -0.3 is 5.11 Å². The molecule has 2 aliphatic heterocycles. The predicted octanol–water partition coefficient (Wildman–Crippen LogP) is 2.29. The van der Waals surface area contributed by atoms with Crippen molar-refractivity contribution in [3.63, 3.8) is 0 Å². The summed E-state index contributed by atoms with van der Waals surface area (Å²) in [6.45, 7) is 7.00. The summed E-state index contributed by atoms with van der Waals surface area (Å²) in [4.78, 5) is 5.00. The minimum atomic E-state index is -0.758. The maximum absolute atomic E-state index is 11.7. The largest absolute Gasteiger partial charge is 0.383 e. The van der Waals surface area contributed by atoms with Gasteiger partial charge in [0.1, 0.15) is 5.60 Å². The number of piperidine rings is 1. The van der Waals surface area contributed by atoms with Gasteiger partial charge in [0, 0.05) is 38.4 Å². The molecule has 140 valence electrons. The van der Waals surface area contributed by atoms with E-state index in [1.54, 1.807) is 0 Å². The summed E-state index contributed by atoms with van der Waals surface area (Å²) < 4.78 is 1.90. The summed E-state index contributed by atoms with van der Waals surface area (Å²) in [5.74, 6) is 0. The number of hydrogen-bond acceptors (Lipinski definition) is 4. The van der Waals surface area contributed by atoms with Crippen molar-refractivity contribution in [1.82, 2.24) is 19.6 Å². The van der Waals surface area contributed by atoms with E-state index >= 15 is 0 Å². The van der Waals surface area contributed by atoms with Gasteiger partial charge in [-0.3, -0.25) is 14.5 Å². The van der Waals surface area contributed by atoms with Gasteiger partial charge in [-0.2, -0.15) is 5.10 Å². The summed E-state index contributed by atoms with van der Waals surface area (Å²) in [6, 6.07) is 10.4. The molecule has 0 bridgehead atoms. The van der Waals surface area contributed by atoms with Crippen LogP contribution in [0.5, 0.6) is 0 Å². The van der Waals surface area contributed by atoms with Crippen LogP contribution in [0.4, 0.5) is 0 Å². The van der Waals surface area contributed by atoms with Gasteiger partial charge in [0.25, 0.3) is 0 Å². The third kappa shape index (κ3) is 3.31. The Balaban J connectivity index is 1.57. The fraction of sp³-hybridized carbons (Fsp3) is 0.571. The first kappa shape index (κ1) is 17.7. The predicted molar refractivity (Wildman–Crippen MR) is 103 cm³/mol. The van der Waals surface area contributed by atoms with Crippen molar-refractivity contribution in [3.05, 3.63) is 53.3 Å². The number of aromatic nitrogens is 2. The zero-order chi connectivity index (χ0) is 18.1. The molecule has 5 nitrogen and oxygen atoms in total. The lowest BCUT2D eigenvalue weighted by Crippen LogP contribution is -2.60.